The molecule has 2 amide bonds. The van der Waals surface area contributed by atoms with Crippen LogP contribution in [-0.4, -0.2) is 68.0 Å². The SMILES string of the molecule is CCCOc1ccc(C2=C(Nc3ccc(N4CCN(C)CC4)cc3)C(=O)N(CCC)C2=O)cc1. The average Bonchev–Trinajstić information content (AvgIpc) is 3.08. The van der Waals surface area contributed by atoms with Gasteiger partial charge in [-0.15, -0.1) is 0 Å². The van der Waals surface area contributed by atoms with Crippen LogP contribution in [0.4, 0.5) is 11.4 Å². The highest BCUT2D eigenvalue weighted by Gasteiger charge is 2.38. The Balaban J connectivity index is 1.58. The number of amides is 2. The van der Waals surface area contributed by atoms with E-state index in [9.17, 15) is 9.59 Å². The van der Waals surface area contributed by atoms with Crippen LogP contribution in [0.25, 0.3) is 5.57 Å². The lowest BCUT2D eigenvalue weighted by Gasteiger charge is -2.34. The fourth-order valence-electron chi connectivity index (χ4n) is 4.29. The van der Waals surface area contributed by atoms with Crippen LogP contribution < -0.4 is 15.0 Å². The number of piperazine rings is 1. The minimum Gasteiger partial charge on any atom is -0.494 e. The molecule has 0 radical (unpaired) electrons. The van der Waals surface area contributed by atoms with Gasteiger partial charge >= 0.3 is 0 Å². The molecule has 7 heteroatoms. The second kappa shape index (κ2) is 10.7. The number of rotatable bonds is 9. The summed E-state index contributed by atoms with van der Waals surface area (Å²) in [6, 6.07) is 15.5. The van der Waals surface area contributed by atoms with Crippen molar-refractivity contribution in [2.45, 2.75) is 26.7 Å². The Labute approximate surface area is 202 Å². The van der Waals surface area contributed by atoms with Gasteiger partial charge in [-0.3, -0.25) is 14.5 Å². The summed E-state index contributed by atoms with van der Waals surface area (Å²) in [6.45, 7) is 9.13. The molecule has 2 heterocycles. The molecule has 2 aliphatic heterocycles. The number of nitrogens with zero attached hydrogens (tertiary/aromatic N) is 3. The molecule has 1 N–H and O–H groups in total. The van der Waals surface area contributed by atoms with Gasteiger partial charge in [0.2, 0.25) is 0 Å². The van der Waals surface area contributed by atoms with Crippen molar-refractivity contribution < 1.29 is 14.3 Å². The van der Waals surface area contributed by atoms with E-state index in [4.69, 9.17) is 4.74 Å². The van der Waals surface area contributed by atoms with E-state index >= 15 is 0 Å². The Bertz CT molecular complexity index is 1040. The molecule has 2 aromatic rings. The van der Waals surface area contributed by atoms with E-state index in [-0.39, 0.29) is 11.8 Å². The minimum atomic E-state index is -0.281. The van der Waals surface area contributed by atoms with Gasteiger partial charge in [0.25, 0.3) is 11.8 Å². The number of likely N-dealkylation sites (N-methyl/N-ethyl adjacent to an activating group) is 1. The molecule has 2 aliphatic rings. The highest BCUT2D eigenvalue weighted by Crippen LogP contribution is 2.32. The van der Waals surface area contributed by atoms with Gasteiger partial charge in [-0.1, -0.05) is 26.0 Å². The van der Waals surface area contributed by atoms with Crippen molar-refractivity contribution in [3.8, 4) is 5.75 Å². The first-order valence-electron chi connectivity index (χ1n) is 12.2. The molecule has 1 fully saturated rings. The summed E-state index contributed by atoms with van der Waals surface area (Å²) in [5, 5.41) is 3.25. The lowest BCUT2D eigenvalue weighted by Crippen LogP contribution is -2.44. The molecule has 0 unspecified atom stereocenters. The third kappa shape index (κ3) is 5.09. The quantitative estimate of drug-likeness (QED) is 0.572. The van der Waals surface area contributed by atoms with Crippen molar-refractivity contribution in [1.82, 2.24) is 9.80 Å². The Morgan fingerprint density at radius 2 is 1.53 bits per heavy atom. The average molecular weight is 463 g/mol. The van der Waals surface area contributed by atoms with Crippen molar-refractivity contribution in [2.75, 3.05) is 56.6 Å². The summed E-state index contributed by atoms with van der Waals surface area (Å²) in [5.41, 5.74) is 3.39. The molecule has 0 saturated carbocycles. The summed E-state index contributed by atoms with van der Waals surface area (Å²) >= 11 is 0. The van der Waals surface area contributed by atoms with E-state index in [1.807, 2.05) is 43.3 Å². The van der Waals surface area contributed by atoms with E-state index in [2.05, 4.69) is 41.2 Å². The summed E-state index contributed by atoms with van der Waals surface area (Å²) in [7, 11) is 2.14. The summed E-state index contributed by atoms with van der Waals surface area (Å²) < 4.78 is 5.67. The van der Waals surface area contributed by atoms with Crippen LogP contribution in [0.2, 0.25) is 0 Å². The number of anilines is 2. The first kappa shape index (κ1) is 23.8. The fraction of sp³-hybridized carbons (Fsp3) is 0.407. The number of carbonyl (C=O) groups excluding carboxylic acids is 2. The zero-order valence-electron chi connectivity index (χ0n) is 20.3. The maximum atomic E-state index is 13.2. The maximum Gasteiger partial charge on any atom is 0.278 e. The Morgan fingerprint density at radius 1 is 0.853 bits per heavy atom. The third-order valence-corrected chi connectivity index (χ3v) is 6.24. The molecule has 0 aliphatic carbocycles. The first-order chi connectivity index (χ1) is 16.5. The number of nitrogens with one attached hydrogen (secondary N) is 1. The van der Waals surface area contributed by atoms with E-state index < -0.39 is 0 Å². The van der Waals surface area contributed by atoms with E-state index in [0.29, 0.717) is 36.4 Å². The third-order valence-electron chi connectivity index (χ3n) is 6.24. The number of hydrogen-bond donors (Lipinski definition) is 1. The summed E-state index contributed by atoms with van der Waals surface area (Å²) in [5.74, 6) is 0.212. The van der Waals surface area contributed by atoms with Crippen LogP contribution in [0.5, 0.6) is 5.75 Å². The van der Waals surface area contributed by atoms with Crippen molar-refractivity contribution in [2.24, 2.45) is 0 Å². The molecule has 0 aromatic heterocycles. The molecule has 4 rings (SSSR count). The van der Waals surface area contributed by atoms with Crippen molar-refractivity contribution in [3.63, 3.8) is 0 Å². The molecular weight excluding hydrogens is 428 g/mol. The molecule has 180 valence electrons. The van der Waals surface area contributed by atoms with Gasteiger partial charge in [-0.2, -0.15) is 0 Å². The number of ether oxygens (including phenoxy) is 1. The lowest BCUT2D eigenvalue weighted by atomic mass is 10.0. The molecule has 2 aromatic carbocycles. The monoisotopic (exact) mass is 462 g/mol. The second-order valence-electron chi connectivity index (χ2n) is 8.85. The number of carbonyl (C=O) groups is 2. The highest BCUT2D eigenvalue weighted by atomic mass is 16.5. The van der Waals surface area contributed by atoms with Gasteiger partial charge in [0.05, 0.1) is 12.2 Å². The van der Waals surface area contributed by atoms with Crippen LogP contribution in [0.1, 0.15) is 32.3 Å². The number of benzene rings is 2. The van der Waals surface area contributed by atoms with Gasteiger partial charge in [-0.05, 0) is 61.9 Å². The highest BCUT2D eigenvalue weighted by molar-refractivity contribution is 6.36. The van der Waals surface area contributed by atoms with E-state index in [1.165, 1.54) is 4.90 Å². The predicted molar refractivity (Wildman–Crippen MR) is 136 cm³/mol. The Morgan fingerprint density at radius 3 is 2.15 bits per heavy atom. The Kier molecular flexibility index (Phi) is 7.53. The topological polar surface area (TPSA) is 65.1 Å². The number of hydrogen-bond acceptors (Lipinski definition) is 6. The summed E-state index contributed by atoms with van der Waals surface area (Å²) in [4.78, 5) is 32.4. The molecule has 7 nitrogen and oxygen atoms in total. The molecule has 0 bridgehead atoms. The molecule has 0 spiro atoms. The van der Waals surface area contributed by atoms with Crippen molar-refractivity contribution in [1.29, 1.82) is 0 Å². The molecular formula is C27H34N4O3. The van der Waals surface area contributed by atoms with Gasteiger partial charge < -0.3 is 19.9 Å². The Hall–Kier alpha value is -3.32. The van der Waals surface area contributed by atoms with Crippen molar-refractivity contribution in [3.05, 3.63) is 59.8 Å². The smallest absolute Gasteiger partial charge is 0.278 e. The molecule has 0 atom stereocenters. The van der Waals surface area contributed by atoms with Crippen LogP contribution in [0.3, 0.4) is 0 Å². The predicted octanol–water partition coefficient (Wildman–Crippen LogP) is 3.83. The van der Waals surface area contributed by atoms with Crippen LogP contribution >= 0.6 is 0 Å². The standard InChI is InChI=1S/C27H34N4O3/c1-4-14-31-26(32)24(20-6-12-23(13-7-20)34-19-5-2)25(27(31)33)28-21-8-10-22(11-9-21)30-17-15-29(3)16-18-30/h6-13,28H,4-5,14-19H2,1-3H3. The maximum absolute atomic E-state index is 13.2. The zero-order chi connectivity index (χ0) is 24.1. The first-order valence-corrected chi connectivity index (χ1v) is 12.2. The number of imide groups is 1. The van der Waals surface area contributed by atoms with Crippen LogP contribution in [0.15, 0.2) is 54.2 Å². The van der Waals surface area contributed by atoms with Crippen molar-refractivity contribution >= 4 is 28.8 Å². The van der Waals surface area contributed by atoms with E-state index in [1.54, 1.807) is 0 Å². The molecule has 1 saturated heterocycles. The van der Waals surface area contributed by atoms with Gasteiger partial charge in [0.15, 0.2) is 0 Å². The van der Waals surface area contributed by atoms with Gasteiger partial charge in [-0.25, -0.2) is 0 Å². The largest absolute Gasteiger partial charge is 0.494 e. The normalized spacial score (nSPS) is 17.0. The zero-order valence-corrected chi connectivity index (χ0v) is 20.3. The molecule has 34 heavy (non-hydrogen) atoms. The van der Waals surface area contributed by atoms with Gasteiger partial charge in [0.1, 0.15) is 11.4 Å². The fourth-order valence-corrected chi connectivity index (χ4v) is 4.29. The lowest BCUT2D eigenvalue weighted by molar-refractivity contribution is -0.136. The minimum absolute atomic E-state index is 0.259. The summed E-state index contributed by atoms with van der Waals surface area (Å²) in [6.07, 6.45) is 1.63. The van der Waals surface area contributed by atoms with Crippen LogP contribution in [-0.2, 0) is 9.59 Å². The van der Waals surface area contributed by atoms with E-state index in [0.717, 1.165) is 49.7 Å². The van der Waals surface area contributed by atoms with Gasteiger partial charge in [0, 0.05) is 44.1 Å². The van der Waals surface area contributed by atoms with Crippen LogP contribution in [0, 0.1) is 0 Å². The second-order valence-corrected chi connectivity index (χ2v) is 8.85.